The van der Waals surface area contributed by atoms with E-state index < -0.39 is 11.9 Å². The van der Waals surface area contributed by atoms with E-state index in [2.05, 4.69) is 17.9 Å². The number of ketones is 1. The Bertz CT molecular complexity index is 747. The number of halogens is 3. The normalized spacial score (nSPS) is 11.8. The zero-order chi connectivity index (χ0) is 17.7. The summed E-state index contributed by atoms with van der Waals surface area (Å²) in [7, 11) is 0. The zero-order valence-electron chi connectivity index (χ0n) is 12.3. The molecule has 0 aliphatic carbocycles. The molecular formula is C17H13Cl3NO2S. The maximum absolute atomic E-state index is 12.3. The van der Waals surface area contributed by atoms with Crippen molar-refractivity contribution in [2.24, 2.45) is 0 Å². The maximum Gasteiger partial charge on any atom is 0.251 e. The Kier molecular flexibility index (Phi) is 6.99. The molecule has 1 N–H and O–H groups in total. The largest absolute Gasteiger partial charge is 0.341 e. The fourth-order valence-corrected chi connectivity index (χ4v) is 2.99. The third kappa shape index (κ3) is 5.42. The Morgan fingerprint density at radius 3 is 2.29 bits per heavy atom. The Labute approximate surface area is 160 Å². The number of thiol groups is 1. The third-order valence-corrected chi connectivity index (χ3v) is 4.15. The van der Waals surface area contributed by atoms with Crippen molar-refractivity contribution in [2.45, 2.75) is 6.04 Å². The Morgan fingerprint density at radius 1 is 1.04 bits per heavy atom. The molecule has 1 amide bonds. The van der Waals surface area contributed by atoms with Crippen molar-refractivity contribution in [3.63, 3.8) is 0 Å². The molecule has 7 heteroatoms. The number of Topliss-reactive ketones (excluding diaryl/α,β-unsaturated/α-hetero) is 1. The van der Waals surface area contributed by atoms with Crippen LogP contribution < -0.4 is 5.32 Å². The van der Waals surface area contributed by atoms with Gasteiger partial charge in [-0.2, -0.15) is 12.6 Å². The molecule has 0 saturated heterocycles. The van der Waals surface area contributed by atoms with Crippen LogP contribution in [0, 0.1) is 6.42 Å². The van der Waals surface area contributed by atoms with E-state index in [0.29, 0.717) is 20.6 Å². The van der Waals surface area contributed by atoms with Gasteiger partial charge in [-0.3, -0.25) is 9.59 Å². The highest BCUT2D eigenvalue weighted by molar-refractivity contribution is 7.80. The van der Waals surface area contributed by atoms with Crippen LogP contribution in [0.25, 0.3) is 0 Å². The van der Waals surface area contributed by atoms with Gasteiger partial charge in [0.05, 0.1) is 12.5 Å². The lowest BCUT2D eigenvalue weighted by atomic mass is 10.0. The van der Waals surface area contributed by atoms with E-state index in [1.54, 1.807) is 24.3 Å². The van der Waals surface area contributed by atoms with Crippen molar-refractivity contribution in [3.05, 3.63) is 75.1 Å². The lowest BCUT2D eigenvalue weighted by molar-refractivity contribution is -0.116. The molecular weight excluding hydrogens is 389 g/mol. The van der Waals surface area contributed by atoms with Crippen LogP contribution in [-0.2, 0) is 4.79 Å². The van der Waals surface area contributed by atoms with Gasteiger partial charge in [-0.05, 0) is 35.9 Å². The summed E-state index contributed by atoms with van der Waals surface area (Å²) in [5.74, 6) is -0.587. The van der Waals surface area contributed by atoms with E-state index in [1.165, 1.54) is 24.6 Å². The Balaban J connectivity index is 2.07. The number of benzene rings is 2. The molecule has 0 unspecified atom stereocenters. The van der Waals surface area contributed by atoms with E-state index in [1.807, 2.05) is 0 Å². The van der Waals surface area contributed by atoms with Crippen LogP contribution in [0.5, 0.6) is 0 Å². The first-order valence-corrected chi connectivity index (χ1v) is 8.67. The predicted octanol–water partition coefficient (Wildman–Crippen LogP) is 4.50. The fourth-order valence-electron chi connectivity index (χ4n) is 1.99. The first-order chi connectivity index (χ1) is 11.4. The standard InChI is InChI=1S/C17H13Cl3NO2S/c18-12-3-1-2-10(4-12)5-16(22)15(9-24)21-17(23)11-6-13(19)8-14(20)7-11/h1-8,15,24H,9H2,(H,21,23)/t15-/m1/s1. The minimum Gasteiger partial charge on any atom is -0.341 e. The zero-order valence-corrected chi connectivity index (χ0v) is 15.5. The summed E-state index contributed by atoms with van der Waals surface area (Å²) in [5.41, 5.74) is 0.925. The summed E-state index contributed by atoms with van der Waals surface area (Å²) >= 11 is 21.8. The molecule has 125 valence electrons. The van der Waals surface area contributed by atoms with Gasteiger partial charge in [-0.15, -0.1) is 0 Å². The van der Waals surface area contributed by atoms with Gasteiger partial charge in [0, 0.05) is 26.4 Å². The van der Waals surface area contributed by atoms with Crippen LogP contribution >= 0.6 is 47.4 Å². The average molecular weight is 402 g/mol. The summed E-state index contributed by atoms with van der Waals surface area (Å²) in [6.07, 6.45) is 1.41. The number of amides is 1. The molecule has 3 nitrogen and oxygen atoms in total. The van der Waals surface area contributed by atoms with Crippen LogP contribution in [-0.4, -0.2) is 23.5 Å². The molecule has 2 aromatic rings. The fraction of sp³-hybridized carbons (Fsp3) is 0.118. The van der Waals surface area contributed by atoms with Gasteiger partial charge in [-0.25, -0.2) is 0 Å². The quantitative estimate of drug-likeness (QED) is 0.700. The topological polar surface area (TPSA) is 46.2 Å². The van der Waals surface area contributed by atoms with Gasteiger partial charge >= 0.3 is 0 Å². The average Bonchev–Trinajstić information content (AvgIpc) is 2.51. The van der Waals surface area contributed by atoms with Crippen LogP contribution in [0.4, 0.5) is 0 Å². The van der Waals surface area contributed by atoms with Gasteiger partial charge in [0.1, 0.15) is 0 Å². The lowest BCUT2D eigenvalue weighted by Gasteiger charge is -2.16. The van der Waals surface area contributed by atoms with Crippen LogP contribution in [0.3, 0.4) is 0 Å². The SMILES string of the molecule is O=C(N[C@H](CS)C(=O)[CH]c1cccc(Cl)c1)c1cc(Cl)cc(Cl)c1. The molecule has 0 aromatic heterocycles. The summed E-state index contributed by atoms with van der Waals surface area (Å²) in [6, 6.07) is 10.6. The second-order valence-corrected chi connectivity index (χ2v) is 6.64. The molecule has 2 rings (SSSR count). The first kappa shape index (κ1) is 19.1. The molecule has 0 bridgehead atoms. The van der Waals surface area contributed by atoms with E-state index in [0.717, 1.165) is 0 Å². The van der Waals surface area contributed by atoms with Gasteiger partial charge in [0.25, 0.3) is 5.91 Å². The van der Waals surface area contributed by atoms with E-state index in [9.17, 15) is 9.59 Å². The second kappa shape index (κ2) is 8.77. The van der Waals surface area contributed by atoms with Crippen LogP contribution in [0.2, 0.25) is 15.1 Å². The van der Waals surface area contributed by atoms with Crippen molar-refractivity contribution in [2.75, 3.05) is 5.75 Å². The number of rotatable bonds is 6. The second-order valence-electron chi connectivity index (χ2n) is 4.97. The maximum atomic E-state index is 12.3. The molecule has 2 aromatic carbocycles. The number of carbonyl (C=O) groups excluding carboxylic acids is 2. The number of nitrogens with one attached hydrogen (secondary N) is 1. The van der Waals surface area contributed by atoms with Gasteiger partial charge < -0.3 is 5.32 Å². The summed E-state index contributed by atoms with van der Waals surface area (Å²) < 4.78 is 0. The number of hydrogen-bond donors (Lipinski definition) is 2. The van der Waals surface area contributed by atoms with E-state index in [-0.39, 0.29) is 17.1 Å². The van der Waals surface area contributed by atoms with Gasteiger partial charge in [0.2, 0.25) is 0 Å². The Hall–Kier alpha value is -1.20. The molecule has 0 aliphatic heterocycles. The summed E-state index contributed by atoms with van der Waals surface area (Å²) in [4.78, 5) is 24.6. The van der Waals surface area contributed by atoms with Crippen molar-refractivity contribution < 1.29 is 9.59 Å². The minimum absolute atomic E-state index is 0.149. The van der Waals surface area contributed by atoms with E-state index in [4.69, 9.17) is 34.8 Å². The van der Waals surface area contributed by atoms with Crippen molar-refractivity contribution in [1.82, 2.24) is 5.32 Å². The summed E-state index contributed by atoms with van der Waals surface area (Å²) in [5, 5.41) is 3.83. The van der Waals surface area contributed by atoms with Gasteiger partial charge in [-0.1, -0.05) is 46.9 Å². The van der Waals surface area contributed by atoms with Crippen molar-refractivity contribution in [3.8, 4) is 0 Å². The highest BCUT2D eigenvalue weighted by atomic mass is 35.5. The van der Waals surface area contributed by atoms with Gasteiger partial charge in [0.15, 0.2) is 5.78 Å². The van der Waals surface area contributed by atoms with Crippen LogP contribution in [0.15, 0.2) is 42.5 Å². The van der Waals surface area contributed by atoms with Crippen LogP contribution in [0.1, 0.15) is 15.9 Å². The van der Waals surface area contributed by atoms with E-state index >= 15 is 0 Å². The Morgan fingerprint density at radius 2 is 1.71 bits per heavy atom. The monoisotopic (exact) mass is 400 g/mol. The molecule has 0 saturated carbocycles. The highest BCUT2D eigenvalue weighted by Gasteiger charge is 2.21. The third-order valence-electron chi connectivity index (χ3n) is 3.11. The minimum atomic E-state index is -0.780. The molecule has 0 fully saturated rings. The molecule has 0 aliphatic rings. The van der Waals surface area contributed by atoms with Crippen molar-refractivity contribution in [1.29, 1.82) is 0 Å². The highest BCUT2D eigenvalue weighted by Crippen LogP contribution is 2.19. The predicted molar refractivity (Wildman–Crippen MR) is 101 cm³/mol. The summed E-state index contributed by atoms with van der Waals surface area (Å²) in [6.45, 7) is 0. The molecule has 1 atom stereocenters. The number of carbonyl (C=O) groups is 2. The molecule has 0 heterocycles. The van der Waals surface area contributed by atoms with Crippen molar-refractivity contribution >= 4 is 59.1 Å². The first-order valence-electron chi connectivity index (χ1n) is 6.91. The smallest absolute Gasteiger partial charge is 0.251 e. The number of hydrogen-bond acceptors (Lipinski definition) is 3. The molecule has 24 heavy (non-hydrogen) atoms. The molecule has 1 radical (unpaired) electrons. The lowest BCUT2D eigenvalue weighted by Crippen LogP contribution is -2.42. The molecule has 0 spiro atoms.